The van der Waals surface area contributed by atoms with E-state index in [1.807, 2.05) is 30.9 Å². The molecular weight excluding hydrogens is 256 g/mol. The molecule has 1 aromatic rings. The maximum Gasteiger partial charge on any atom is 0.335 e. The number of piperazine rings is 1. The Bertz CT molecular complexity index is 496. The van der Waals surface area contributed by atoms with Crippen molar-refractivity contribution < 1.29 is 14.7 Å². The number of nitrogens with zero attached hydrogens (tertiary/aromatic N) is 2. The van der Waals surface area contributed by atoms with Crippen LogP contribution in [0.25, 0.3) is 0 Å². The van der Waals surface area contributed by atoms with Crippen LogP contribution in [0.1, 0.15) is 29.8 Å². The van der Waals surface area contributed by atoms with Crippen molar-refractivity contribution in [2.75, 3.05) is 19.6 Å². The Morgan fingerprint density at radius 3 is 2.40 bits per heavy atom. The topological polar surface area (TPSA) is 60.9 Å². The predicted molar refractivity (Wildman–Crippen MR) is 75.5 cm³/mol. The van der Waals surface area contributed by atoms with E-state index in [1.54, 1.807) is 12.1 Å². The van der Waals surface area contributed by atoms with E-state index < -0.39 is 5.97 Å². The summed E-state index contributed by atoms with van der Waals surface area (Å²) in [6.45, 7) is 6.76. The Kier molecular flexibility index (Phi) is 4.39. The van der Waals surface area contributed by atoms with Crippen molar-refractivity contribution >= 4 is 11.9 Å². The first-order chi connectivity index (χ1) is 9.47. The SMILES string of the molecule is CC(C)N1CCN(Cc2ccc(C(=O)O)cc2)CC1=O. The molecule has 0 atom stereocenters. The van der Waals surface area contributed by atoms with Crippen LogP contribution in [0, 0.1) is 0 Å². The third-order valence-corrected chi connectivity index (χ3v) is 3.57. The van der Waals surface area contributed by atoms with Gasteiger partial charge in [0.05, 0.1) is 12.1 Å². The molecule has 1 aliphatic heterocycles. The summed E-state index contributed by atoms with van der Waals surface area (Å²) in [6, 6.07) is 7.07. The molecule has 0 spiro atoms. The largest absolute Gasteiger partial charge is 0.478 e. The summed E-state index contributed by atoms with van der Waals surface area (Å²) >= 11 is 0. The zero-order chi connectivity index (χ0) is 14.7. The number of benzene rings is 1. The Hall–Kier alpha value is -1.88. The molecule has 1 heterocycles. The molecule has 1 aliphatic rings. The molecule has 0 aromatic heterocycles. The first-order valence-electron chi connectivity index (χ1n) is 6.81. The minimum atomic E-state index is -0.919. The van der Waals surface area contributed by atoms with E-state index in [0.29, 0.717) is 13.1 Å². The van der Waals surface area contributed by atoms with Gasteiger partial charge in [0, 0.05) is 25.7 Å². The fourth-order valence-electron chi connectivity index (χ4n) is 2.43. The van der Waals surface area contributed by atoms with E-state index in [2.05, 4.69) is 4.90 Å². The molecule has 1 aromatic carbocycles. The highest BCUT2D eigenvalue weighted by Gasteiger charge is 2.25. The van der Waals surface area contributed by atoms with Crippen molar-refractivity contribution in [3.05, 3.63) is 35.4 Å². The van der Waals surface area contributed by atoms with E-state index in [4.69, 9.17) is 5.11 Å². The summed E-state index contributed by atoms with van der Waals surface area (Å²) in [5.41, 5.74) is 1.32. The Labute approximate surface area is 118 Å². The summed E-state index contributed by atoms with van der Waals surface area (Å²) in [7, 11) is 0. The summed E-state index contributed by atoms with van der Waals surface area (Å²) < 4.78 is 0. The second-order valence-electron chi connectivity index (χ2n) is 5.39. The second kappa shape index (κ2) is 6.05. The predicted octanol–water partition coefficient (Wildman–Crippen LogP) is 1.44. The minimum Gasteiger partial charge on any atom is -0.478 e. The van der Waals surface area contributed by atoms with Crippen LogP contribution in [-0.4, -0.2) is 52.5 Å². The molecule has 1 saturated heterocycles. The fourth-order valence-corrected chi connectivity index (χ4v) is 2.43. The van der Waals surface area contributed by atoms with E-state index in [-0.39, 0.29) is 17.5 Å². The van der Waals surface area contributed by atoms with Gasteiger partial charge in [0.2, 0.25) is 5.91 Å². The highest BCUT2D eigenvalue weighted by Crippen LogP contribution is 2.12. The van der Waals surface area contributed by atoms with Crippen molar-refractivity contribution in [1.29, 1.82) is 0 Å². The van der Waals surface area contributed by atoms with Crippen LogP contribution in [0.2, 0.25) is 0 Å². The molecule has 108 valence electrons. The molecule has 0 radical (unpaired) electrons. The average molecular weight is 276 g/mol. The van der Waals surface area contributed by atoms with Gasteiger partial charge in [-0.2, -0.15) is 0 Å². The molecule has 2 rings (SSSR count). The van der Waals surface area contributed by atoms with E-state index in [9.17, 15) is 9.59 Å². The third kappa shape index (κ3) is 3.36. The van der Waals surface area contributed by atoms with Gasteiger partial charge < -0.3 is 10.0 Å². The number of carboxylic acids is 1. The smallest absolute Gasteiger partial charge is 0.335 e. The lowest BCUT2D eigenvalue weighted by Gasteiger charge is -2.36. The lowest BCUT2D eigenvalue weighted by atomic mass is 10.1. The van der Waals surface area contributed by atoms with Crippen molar-refractivity contribution in [1.82, 2.24) is 9.80 Å². The average Bonchev–Trinajstić information content (AvgIpc) is 2.39. The highest BCUT2D eigenvalue weighted by molar-refractivity contribution is 5.87. The van der Waals surface area contributed by atoms with Gasteiger partial charge in [0.1, 0.15) is 0 Å². The molecule has 0 saturated carbocycles. The molecule has 0 unspecified atom stereocenters. The maximum atomic E-state index is 12.0. The lowest BCUT2D eigenvalue weighted by Crippen LogP contribution is -2.52. The number of hydrogen-bond donors (Lipinski definition) is 1. The zero-order valence-corrected chi connectivity index (χ0v) is 11.9. The molecular formula is C15H20N2O3. The number of aromatic carboxylic acids is 1. The van der Waals surface area contributed by atoms with E-state index >= 15 is 0 Å². The standard InChI is InChI=1S/C15H20N2O3/c1-11(2)17-8-7-16(10-14(17)18)9-12-3-5-13(6-4-12)15(19)20/h3-6,11H,7-10H2,1-2H3,(H,19,20). The van der Waals surface area contributed by atoms with Gasteiger partial charge in [-0.1, -0.05) is 12.1 Å². The number of carbonyl (C=O) groups excluding carboxylic acids is 1. The molecule has 5 nitrogen and oxygen atoms in total. The van der Waals surface area contributed by atoms with Crippen LogP contribution in [0.15, 0.2) is 24.3 Å². The van der Waals surface area contributed by atoms with Gasteiger partial charge in [-0.05, 0) is 31.5 Å². The van der Waals surface area contributed by atoms with Crippen molar-refractivity contribution in [2.24, 2.45) is 0 Å². The number of rotatable bonds is 4. The van der Waals surface area contributed by atoms with Crippen LogP contribution in [-0.2, 0) is 11.3 Å². The van der Waals surface area contributed by atoms with Crippen LogP contribution >= 0.6 is 0 Å². The maximum absolute atomic E-state index is 12.0. The molecule has 20 heavy (non-hydrogen) atoms. The Morgan fingerprint density at radius 2 is 1.90 bits per heavy atom. The third-order valence-electron chi connectivity index (χ3n) is 3.57. The molecule has 1 amide bonds. The number of hydrogen-bond acceptors (Lipinski definition) is 3. The lowest BCUT2D eigenvalue weighted by molar-refractivity contribution is -0.138. The number of carbonyl (C=O) groups is 2. The van der Waals surface area contributed by atoms with Crippen molar-refractivity contribution in [2.45, 2.75) is 26.4 Å². The van der Waals surface area contributed by atoms with Gasteiger partial charge in [0.15, 0.2) is 0 Å². The van der Waals surface area contributed by atoms with Gasteiger partial charge in [-0.3, -0.25) is 9.69 Å². The first kappa shape index (κ1) is 14.5. The summed E-state index contributed by atoms with van der Waals surface area (Å²) in [5, 5.41) is 8.85. The van der Waals surface area contributed by atoms with E-state index in [1.165, 1.54) is 0 Å². The summed E-state index contributed by atoms with van der Waals surface area (Å²) in [6.07, 6.45) is 0. The Balaban J connectivity index is 1.95. The molecule has 0 bridgehead atoms. The highest BCUT2D eigenvalue weighted by atomic mass is 16.4. The fraction of sp³-hybridized carbons (Fsp3) is 0.467. The van der Waals surface area contributed by atoms with Gasteiger partial charge in [-0.25, -0.2) is 4.79 Å². The first-order valence-corrected chi connectivity index (χ1v) is 6.81. The number of carboxylic acid groups (broad SMARTS) is 1. The second-order valence-corrected chi connectivity index (χ2v) is 5.39. The summed E-state index contributed by atoms with van der Waals surface area (Å²) in [5.74, 6) is -0.759. The molecule has 1 N–H and O–H groups in total. The van der Waals surface area contributed by atoms with Crippen LogP contribution < -0.4 is 0 Å². The quantitative estimate of drug-likeness (QED) is 0.904. The van der Waals surface area contributed by atoms with Gasteiger partial charge >= 0.3 is 5.97 Å². The zero-order valence-electron chi connectivity index (χ0n) is 11.9. The van der Waals surface area contributed by atoms with E-state index in [0.717, 1.165) is 18.7 Å². The van der Waals surface area contributed by atoms with Crippen molar-refractivity contribution in [3.63, 3.8) is 0 Å². The van der Waals surface area contributed by atoms with Gasteiger partial charge in [0.25, 0.3) is 0 Å². The van der Waals surface area contributed by atoms with Crippen LogP contribution in [0.4, 0.5) is 0 Å². The molecule has 1 fully saturated rings. The minimum absolute atomic E-state index is 0.161. The van der Waals surface area contributed by atoms with Crippen LogP contribution in [0.3, 0.4) is 0 Å². The monoisotopic (exact) mass is 276 g/mol. The van der Waals surface area contributed by atoms with Crippen LogP contribution in [0.5, 0.6) is 0 Å². The molecule has 5 heteroatoms. The normalized spacial score (nSPS) is 16.8. The van der Waals surface area contributed by atoms with Crippen molar-refractivity contribution in [3.8, 4) is 0 Å². The Morgan fingerprint density at radius 1 is 1.25 bits per heavy atom. The number of amides is 1. The summed E-state index contributed by atoms with van der Waals surface area (Å²) in [4.78, 5) is 26.8. The van der Waals surface area contributed by atoms with Gasteiger partial charge in [-0.15, -0.1) is 0 Å². The molecule has 0 aliphatic carbocycles.